The SMILES string of the molecule is CCOC(=O)C1CCC(C(N)=S)CC1. The number of hydrogen-bond donors (Lipinski definition) is 1. The highest BCUT2D eigenvalue weighted by atomic mass is 32.1. The third-order valence-corrected chi connectivity index (χ3v) is 3.08. The second-order valence-electron chi connectivity index (χ2n) is 3.70. The minimum absolute atomic E-state index is 0.0612. The van der Waals surface area contributed by atoms with Gasteiger partial charge in [-0.3, -0.25) is 4.79 Å². The van der Waals surface area contributed by atoms with Gasteiger partial charge in [0, 0.05) is 5.92 Å². The molecule has 1 rings (SSSR count). The molecule has 1 aliphatic carbocycles. The van der Waals surface area contributed by atoms with Crippen LogP contribution in [0.3, 0.4) is 0 Å². The van der Waals surface area contributed by atoms with Crippen molar-refractivity contribution in [3.8, 4) is 0 Å². The quantitative estimate of drug-likeness (QED) is 0.574. The van der Waals surface area contributed by atoms with E-state index in [0.717, 1.165) is 25.7 Å². The molecule has 0 radical (unpaired) electrons. The Labute approximate surface area is 90.0 Å². The van der Waals surface area contributed by atoms with Crippen molar-refractivity contribution in [2.45, 2.75) is 32.6 Å². The number of thiocarbonyl (C=S) groups is 1. The molecule has 0 aromatic rings. The maximum atomic E-state index is 11.4. The first-order valence-corrected chi connectivity index (χ1v) is 5.52. The number of esters is 1. The number of nitrogens with two attached hydrogens (primary N) is 1. The van der Waals surface area contributed by atoms with E-state index in [-0.39, 0.29) is 11.9 Å². The van der Waals surface area contributed by atoms with E-state index in [1.54, 1.807) is 0 Å². The lowest BCUT2D eigenvalue weighted by Gasteiger charge is -2.26. The third-order valence-electron chi connectivity index (χ3n) is 2.75. The van der Waals surface area contributed by atoms with Crippen molar-refractivity contribution in [1.29, 1.82) is 0 Å². The van der Waals surface area contributed by atoms with E-state index < -0.39 is 0 Å². The molecule has 4 heteroatoms. The fourth-order valence-electron chi connectivity index (χ4n) is 1.87. The van der Waals surface area contributed by atoms with E-state index in [1.165, 1.54) is 0 Å². The molecule has 0 saturated heterocycles. The normalized spacial score (nSPS) is 26.9. The van der Waals surface area contributed by atoms with Crippen LogP contribution >= 0.6 is 12.2 Å². The zero-order chi connectivity index (χ0) is 10.6. The summed E-state index contributed by atoms with van der Waals surface area (Å²) < 4.78 is 4.97. The van der Waals surface area contributed by atoms with Gasteiger partial charge in [-0.05, 0) is 32.6 Å². The Morgan fingerprint density at radius 1 is 1.36 bits per heavy atom. The summed E-state index contributed by atoms with van der Waals surface area (Å²) in [5.41, 5.74) is 5.56. The van der Waals surface area contributed by atoms with Crippen LogP contribution in [0.15, 0.2) is 0 Å². The minimum atomic E-state index is -0.0612. The second kappa shape index (κ2) is 5.29. The molecule has 0 unspecified atom stereocenters. The van der Waals surface area contributed by atoms with Crippen LogP contribution in [0.25, 0.3) is 0 Å². The molecule has 0 aromatic heterocycles. The number of rotatable bonds is 3. The van der Waals surface area contributed by atoms with Gasteiger partial charge >= 0.3 is 5.97 Å². The van der Waals surface area contributed by atoms with Crippen LogP contribution < -0.4 is 5.73 Å². The summed E-state index contributed by atoms with van der Waals surface area (Å²) in [6.45, 7) is 2.30. The Kier molecular flexibility index (Phi) is 4.32. The van der Waals surface area contributed by atoms with Crippen molar-refractivity contribution < 1.29 is 9.53 Å². The maximum absolute atomic E-state index is 11.4. The highest BCUT2D eigenvalue weighted by Gasteiger charge is 2.28. The van der Waals surface area contributed by atoms with Gasteiger partial charge in [0.15, 0.2) is 0 Å². The third kappa shape index (κ3) is 2.94. The molecule has 0 amide bonds. The molecular weight excluding hydrogens is 198 g/mol. The van der Waals surface area contributed by atoms with E-state index in [1.807, 2.05) is 6.92 Å². The highest BCUT2D eigenvalue weighted by molar-refractivity contribution is 7.80. The first-order chi connectivity index (χ1) is 6.65. The van der Waals surface area contributed by atoms with Crippen LogP contribution in [-0.4, -0.2) is 17.6 Å². The summed E-state index contributed by atoms with van der Waals surface area (Å²) in [5.74, 6) is 0.338. The fourth-order valence-corrected chi connectivity index (χ4v) is 2.11. The lowest BCUT2D eigenvalue weighted by Crippen LogP contribution is -2.29. The van der Waals surface area contributed by atoms with Crippen molar-refractivity contribution in [2.75, 3.05) is 6.61 Å². The molecule has 0 atom stereocenters. The number of carbonyl (C=O) groups is 1. The summed E-state index contributed by atoms with van der Waals surface area (Å²) in [7, 11) is 0. The molecule has 0 heterocycles. The number of hydrogen-bond acceptors (Lipinski definition) is 3. The van der Waals surface area contributed by atoms with E-state index in [2.05, 4.69) is 0 Å². The Hall–Kier alpha value is -0.640. The standard InChI is InChI=1S/C10H17NO2S/c1-2-13-10(12)8-5-3-7(4-6-8)9(11)14/h7-8H,2-6H2,1H3,(H2,11,14). The van der Waals surface area contributed by atoms with Gasteiger partial charge in [-0.2, -0.15) is 0 Å². The van der Waals surface area contributed by atoms with Gasteiger partial charge in [-0.1, -0.05) is 12.2 Å². The van der Waals surface area contributed by atoms with Crippen molar-refractivity contribution in [1.82, 2.24) is 0 Å². The predicted molar refractivity (Wildman–Crippen MR) is 58.9 cm³/mol. The zero-order valence-corrected chi connectivity index (χ0v) is 9.31. The topological polar surface area (TPSA) is 52.3 Å². The van der Waals surface area contributed by atoms with Crippen molar-refractivity contribution >= 4 is 23.2 Å². The van der Waals surface area contributed by atoms with Crippen molar-refractivity contribution in [3.63, 3.8) is 0 Å². The van der Waals surface area contributed by atoms with E-state index in [4.69, 9.17) is 22.7 Å². The Morgan fingerprint density at radius 3 is 2.29 bits per heavy atom. The van der Waals surface area contributed by atoms with Crippen LogP contribution in [0.1, 0.15) is 32.6 Å². The summed E-state index contributed by atoms with van der Waals surface area (Å²) in [4.78, 5) is 12.0. The van der Waals surface area contributed by atoms with Gasteiger partial charge in [-0.25, -0.2) is 0 Å². The molecule has 0 aromatic carbocycles. The smallest absolute Gasteiger partial charge is 0.308 e. The molecule has 3 nitrogen and oxygen atoms in total. The molecule has 80 valence electrons. The van der Waals surface area contributed by atoms with E-state index in [9.17, 15) is 4.79 Å². The molecule has 1 aliphatic rings. The van der Waals surface area contributed by atoms with Crippen LogP contribution in [-0.2, 0) is 9.53 Å². The summed E-state index contributed by atoms with van der Waals surface area (Å²) in [6.07, 6.45) is 3.58. The van der Waals surface area contributed by atoms with Crippen LogP contribution in [0, 0.1) is 11.8 Å². The molecule has 1 fully saturated rings. The molecule has 0 aliphatic heterocycles. The molecule has 0 bridgehead atoms. The molecule has 2 N–H and O–H groups in total. The van der Waals surface area contributed by atoms with Gasteiger partial charge in [0.1, 0.15) is 0 Å². The highest BCUT2D eigenvalue weighted by Crippen LogP contribution is 2.29. The van der Waals surface area contributed by atoms with Crippen molar-refractivity contribution in [3.05, 3.63) is 0 Å². The average Bonchev–Trinajstić information content (AvgIpc) is 2.18. The second-order valence-corrected chi connectivity index (χ2v) is 4.17. The van der Waals surface area contributed by atoms with E-state index >= 15 is 0 Å². The largest absolute Gasteiger partial charge is 0.466 e. The summed E-state index contributed by atoms with van der Waals surface area (Å²) >= 11 is 4.93. The van der Waals surface area contributed by atoms with Gasteiger partial charge in [0.25, 0.3) is 0 Å². The number of carbonyl (C=O) groups excluding carboxylic acids is 1. The lowest BCUT2D eigenvalue weighted by molar-refractivity contribution is -0.149. The van der Waals surface area contributed by atoms with Gasteiger partial charge in [0.05, 0.1) is 17.5 Å². The first kappa shape index (κ1) is 11.4. The van der Waals surface area contributed by atoms with Gasteiger partial charge in [-0.15, -0.1) is 0 Å². The van der Waals surface area contributed by atoms with Crippen LogP contribution in [0.2, 0.25) is 0 Å². The maximum Gasteiger partial charge on any atom is 0.308 e. The van der Waals surface area contributed by atoms with E-state index in [0.29, 0.717) is 17.5 Å². The Morgan fingerprint density at radius 2 is 1.86 bits per heavy atom. The first-order valence-electron chi connectivity index (χ1n) is 5.11. The fraction of sp³-hybridized carbons (Fsp3) is 0.800. The molecule has 1 saturated carbocycles. The van der Waals surface area contributed by atoms with Crippen LogP contribution in [0.5, 0.6) is 0 Å². The summed E-state index contributed by atoms with van der Waals surface area (Å²) in [6, 6.07) is 0. The predicted octanol–water partition coefficient (Wildman–Crippen LogP) is 1.64. The zero-order valence-electron chi connectivity index (χ0n) is 8.49. The van der Waals surface area contributed by atoms with Crippen molar-refractivity contribution in [2.24, 2.45) is 17.6 Å². The van der Waals surface area contributed by atoms with Crippen LogP contribution in [0.4, 0.5) is 0 Å². The van der Waals surface area contributed by atoms with Gasteiger partial charge in [0.2, 0.25) is 0 Å². The van der Waals surface area contributed by atoms with Gasteiger partial charge < -0.3 is 10.5 Å². The molecule has 14 heavy (non-hydrogen) atoms. The average molecular weight is 215 g/mol. The molecular formula is C10H17NO2S. The number of ether oxygens (including phenoxy) is 1. The lowest BCUT2D eigenvalue weighted by atomic mass is 9.82. The monoisotopic (exact) mass is 215 g/mol. The Bertz CT molecular complexity index is 222. The summed E-state index contributed by atoms with van der Waals surface area (Å²) in [5, 5.41) is 0. The minimum Gasteiger partial charge on any atom is -0.466 e. The Balaban J connectivity index is 2.35. The molecule has 0 spiro atoms.